The van der Waals surface area contributed by atoms with Gasteiger partial charge < -0.3 is 40.0 Å². The van der Waals surface area contributed by atoms with E-state index in [0.29, 0.717) is 51.6 Å². The van der Waals surface area contributed by atoms with Gasteiger partial charge in [0, 0.05) is 63.2 Å². The van der Waals surface area contributed by atoms with E-state index in [0.717, 1.165) is 24.8 Å². The molecule has 0 aromatic heterocycles. The molecule has 6 N–H and O–H groups in total. The summed E-state index contributed by atoms with van der Waals surface area (Å²) in [4.78, 5) is 11.9. The summed E-state index contributed by atoms with van der Waals surface area (Å²) in [6.07, 6.45) is 7.39. The number of aliphatic hydroxyl groups is 3. The molecule has 1 saturated heterocycles. The van der Waals surface area contributed by atoms with Crippen LogP contribution in [0.1, 0.15) is 78.1 Å². The second kappa shape index (κ2) is 12.5. The second-order valence-electron chi connectivity index (χ2n) is 14.1. The van der Waals surface area contributed by atoms with Crippen molar-refractivity contribution >= 4 is 29.5 Å². The molecule has 2 aliphatic heterocycles. The first-order chi connectivity index (χ1) is 20.4. The molecule has 4 aliphatic carbocycles. The average Bonchev–Trinajstić information content (AvgIpc) is 3.50. The van der Waals surface area contributed by atoms with Gasteiger partial charge in [-0.3, -0.25) is 5.43 Å². The van der Waals surface area contributed by atoms with Crippen molar-refractivity contribution in [2.75, 3.05) is 13.7 Å². The molecule has 0 aromatic rings. The van der Waals surface area contributed by atoms with Gasteiger partial charge in [-0.1, -0.05) is 6.92 Å². The first-order valence-electron chi connectivity index (χ1n) is 15.8. The quantitative estimate of drug-likeness (QED) is 0.0897. The zero-order valence-electron chi connectivity index (χ0n) is 25.7. The normalized spacial score (nSPS) is 48.4. The number of nitrogens with two attached hydrogens (primary N) is 1. The molecule has 4 saturated carbocycles. The second-order valence-corrected chi connectivity index (χ2v) is 14.6. The van der Waals surface area contributed by atoms with Crippen LogP contribution in [0.5, 0.6) is 0 Å². The Balaban J connectivity index is 0.00000384. The minimum Gasteiger partial charge on any atom is -0.458 e. The SMILES string of the molecule is CO[C@H]1C[C@H](O[C@H]2CC[C@]3(/C=N/NC(N)=S)[C@H]4CC[C@]5(C)C(C6=CC(=O)OC6)CC[C@]5(O)[C@@H]4CC[C@]3(O)C2)O[C@H](C)[C@H]1O.[99Tc]. The molecule has 44 heavy (non-hydrogen) atoms. The summed E-state index contributed by atoms with van der Waals surface area (Å²) in [6.45, 7) is 4.29. The van der Waals surface area contributed by atoms with Crippen LogP contribution in [0.4, 0.5) is 0 Å². The molecule has 0 amide bonds. The summed E-state index contributed by atoms with van der Waals surface area (Å²) in [6, 6.07) is 0. The Morgan fingerprint density at radius 1 is 1.18 bits per heavy atom. The van der Waals surface area contributed by atoms with Gasteiger partial charge in [0.25, 0.3) is 0 Å². The Labute approximate surface area is 278 Å². The third-order valence-corrected chi connectivity index (χ3v) is 12.5. The molecule has 1 unspecified atom stereocenters. The smallest absolute Gasteiger partial charge is 0.331 e. The van der Waals surface area contributed by atoms with Gasteiger partial charge >= 0.3 is 5.97 Å². The van der Waals surface area contributed by atoms with E-state index in [1.165, 1.54) is 0 Å². The number of rotatable bonds is 6. The number of carbonyl (C=O) groups is 1. The number of fused-ring (bicyclic) bond motifs is 5. The summed E-state index contributed by atoms with van der Waals surface area (Å²) >= 11 is 5.01. The van der Waals surface area contributed by atoms with Crippen molar-refractivity contribution in [2.45, 2.75) is 120 Å². The maximum atomic E-state index is 12.6. The molecular formula is C31H47N3O8STc. The molecule has 0 aromatic carbocycles. The fourth-order valence-corrected chi connectivity index (χ4v) is 10.3. The number of cyclic esters (lactones) is 1. The van der Waals surface area contributed by atoms with Gasteiger partial charge in [-0.05, 0) is 93.8 Å². The van der Waals surface area contributed by atoms with Crippen LogP contribution in [0, 0.1) is 28.6 Å². The van der Waals surface area contributed by atoms with Crippen molar-refractivity contribution < 1.29 is 59.2 Å². The maximum Gasteiger partial charge on any atom is 0.331 e. The molecule has 2 heterocycles. The van der Waals surface area contributed by atoms with Crippen molar-refractivity contribution in [2.24, 2.45) is 39.4 Å². The average molecular weight is 721 g/mol. The number of thiocarbonyl (C=S) groups is 1. The van der Waals surface area contributed by atoms with Gasteiger partial charge in [0.15, 0.2) is 11.4 Å². The number of ether oxygens (including phenoxy) is 4. The number of methoxy groups -OCH3 is 1. The summed E-state index contributed by atoms with van der Waals surface area (Å²) in [5.74, 6) is -0.277. The largest absolute Gasteiger partial charge is 0.458 e. The molecule has 11 nitrogen and oxygen atoms in total. The van der Waals surface area contributed by atoms with E-state index < -0.39 is 40.5 Å². The number of esters is 1. The van der Waals surface area contributed by atoms with Crippen LogP contribution >= 0.6 is 12.2 Å². The summed E-state index contributed by atoms with van der Waals surface area (Å²) in [5.41, 5.74) is 6.21. The predicted octanol–water partition coefficient (Wildman–Crippen LogP) is 2.05. The van der Waals surface area contributed by atoms with E-state index in [9.17, 15) is 20.1 Å². The fraction of sp³-hybridized carbons (Fsp3) is 0.839. The van der Waals surface area contributed by atoms with Crippen LogP contribution in [0.2, 0.25) is 0 Å². The van der Waals surface area contributed by atoms with E-state index in [4.69, 9.17) is 36.9 Å². The third kappa shape index (κ3) is 5.42. The first kappa shape index (κ1) is 34.3. The van der Waals surface area contributed by atoms with E-state index in [-0.39, 0.29) is 61.1 Å². The van der Waals surface area contributed by atoms with Crippen LogP contribution in [0.15, 0.2) is 16.8 Å². The number of aliphatic hydroxyl groups excluding tert-OH is 1. The van der Waals surface area contributed by atoms with Gasteiger partial charge in [0.05, 0.1) is 29.5 Å². The van der Waals surface area contributed by atoms with Crippen molar-refractivity contribution in [3.63, 3.8) is 0 Å². The molecule has 0 spiro atoms. The van der Waals surface area contributed by atoms with Crippen molar-refractivity contribution in [3.05, 3.63) is 11.6 Å². The van der Waals surface area contributed by atoms with Crippen LogP contribution in [0.25, 0.3) is 0 Å². The van der Waals surface area contributed by atoms with Gasteiger partial charge in [-0.25, -0.2) is 4.79 Å². The minimum atomic E-state index is -1.13. The Hall–Kier alpha value is -1.02. The molecule has 247 valence electrons. The van der Waals surface area contributed by atoms with Crippen LogP contribution in [0.3, 0.4) is 0 Å². The standard InChI is InChI=1S/C31H47N3O8S.Tc/c1-17-26(36)23(39-3)13-25(41-17)42-19-4-9-29(16-33-34-27(32)43)21-5-8-28(2)20(18-12-24(35)40-15-18)7-11-31(28,38)22(21)6-10-30(29,37)14-19;/h12,16-17,19-23,25-26,36-38H,4-11,13-15H2,1-3H3,(H3,32,34,43);/b33-16+;/t17-,19+,20?,21+,22-,23+,25+,26-,28-,29+,30+,31+;/m1./s1/i;1+1. The number of nitrogens with one attached hydrogen (secondary N) is 1. The molecule has 1 radical (unpaired) electrons. The van der Waals surface area contributed by atoms with Crippen LogP contribution in [-0.4, -0.2) is 88.2 Å². The van der Waals surface area contributed by atoms with E-state index in [2.05, 4.69) is 17.5 Å². The van der Waals surface area contributed by atoms with Crippen molar-refractivity contribution in [3.8, 4) is 0 Å². The van der Waals surface area contributed by atoms with Gasteiger partial charge in [-0.15, -0.1) is 0 Å². The molecule has 6 rings (SSSR count). The molecule has 0 bridgehead atoms. The van der Waals surface area contributed by atoms with Crippen molar-refractivity contribution in [1.82, 2.24) is 5.43 Å². The molecule has 5 fully saturated rings. The summed E-state index contributed by atoms with van der Waals surface area (Å²) in [5, 5.41) is 40.1. The Kier molecular flexibility index (Phi) is 9.78. The molecular weight excluding hydrogens is 673 g/mol. The minimum absolute atomic E-state index is 0. The number of hydrogen-bond acceptors (Lipinski definition) is 10. The van der Waals surface area contributed by atoms with Gasteiger partial charge in [0.1, 0.15) is 12.7 Å². The molecule has 13 heteroatoms. The van der Waals surface area contributed by atoms with Gasteiger partial charge in [-0.2, -0.15) is 5.10 Å². The van der Waals surface area contributed by atoms with Crippen LogP contribution in [-0.2, 0) is 43.8 Å². The predicted molar refractivity (Wildman–Crippen MR) is 161 cm³/mol. The zero-order valence-corrected chi connectivity index (χ0v) is 28.4. The van der Waals surface area contributed by atoms with Gasteiger partial charge in [0.2, 0.25) is 0 Å². The number of carbonyl (C=O) groups excluding carboxylic acids is 1. The Morgan fingerprint density at radius 2 is 1.93 bits per heavy atom. The zero-order chi connectivity index (χ0) is 30.8. The molecule has 6 aliphatic rings. The summed E-state index contributed by atoms with van der Waals surface area (Å²) in [7, 11) is 1.58. The third-order valence-electron chi connectivity index (χ3n) is 12.4. The monoisotopic (exact) mass is 720 g/mol. The van der Waals surface area contributed by atoms with E-state index >= 15 is 0 Å². The summed E-state index contributed by atoms with van der Waals surface area (Å²) < 4.78 is 23.1. The number of hydrogen-bond donors (Lipinski definition) is 5. The van der Waals surface area contributed by atoms with Crippen molar-refractivity contribution in [1.29, 1.82) is 0 Å². The Bertz CT molecular complexity index is 1190. The molecule has 12 atom stereocenters. The first-order valence-corrected chi connectivity index (χ1v) is 16.2. The maximum absolute atomic E-state index is 12.6. The number of nitrogens with zero attached hydrogens (tertiary/aromatic N) is 1. The van der Waals surface area contributed by atoms with Crippen LogP contribution < -0.4 is 11.2 Å². The fourth-order valence-electron chi connectivity index (χ4n) is 10.2. The Morgan fingerprint density at radius 3 is 2.61 bits per heavy atom. The van der Waals surface area contributed by atoms with E-state index in [1.807, 2.05) is 13.1 Å². The van der Waals surface area contributed by atoms with E-state index in [1.54, 1.807) is 13.2 Å². The number of hydrazone groups is 1. The topological polar surface area (TPSA) is 165 Å².